The number of hydrogen-bond acceptors (Lipinski definition) is 5. The van der Waals surface area contributed by atoms with Gasteiger partial charge in [0.25, 0.3) is 0 Å². The number of nitrogens with zero attached hydrogens (tertiary/aromatic N) is 3. The Balaban J connectivity index is 1.17. The highest BCUT2D eigenvalue weighted by Gasteiger charge is 2.24. The summed E-state index contributed by atoms with van der Waals surface area (Å²) < 4.78 is 13.4. The molecule has 56 heavy (non-hydrogen) atoms. The van der Waals surface area contributed by atoms with Gasteiger partial charge < -0.3 is 8.83 Å². The third kappa shape index (κ3) is 4.64. The molecule has 0 aliphatic heterocycles. The lowest BCUT2D eigenvalue weighted by atomic mass is 9.93. The first-order valence-corrected chi connectivity index (χ1v) is 18.8. The van der Waals surface area contributed by atoms with Gasteiger partial charge in [-0.2, -0.15) is 0 Å². The first kappa shape index (κ1) is 30.8. The van der Waals surface area contributed by atoms with Gasteiger partial charge in [-0.25, -0.2) is 15.0 Å². The summed E-state index contributed by atoms with van der Waals surface area (Å²) in [7, 11) is 0. The normalized spacial score (nSPS) is 11.9. The summed E-state index contributed by atoms with van der Waals surface area (Å²) in [6.07, 6.45) is 0. The first-order chi connectivity index (χ1) is 27.7. The minimum absolute atomic E-state index is 0.554. The molecule has 5 nitrogen and oxygen atoms in total. The fourth-order valence-corrected chi connectivity index (χ4v) is 8.50. The number of para-hydroxylation sites is 2. The molecular formula is C51H29N3O2. The van der Waals surface area contributed by atoms with Crippen molar-refractivity contribution in [2.45, 2.75) is 0 Å². The van der Waals surface area contributed by atoms with Crippen molar-refractivity contribution in [3.05, 3.63) is 176 Å². The molecule has 0 N–H and O–H groups in total. The standard InChI is InChI=1S/C51H29N3O2/c1-2-13-32(14-3-1)49-52-50(34-24-25-36-33(29-34)22-21-30-11-4-6-15-35(30)36)54-51(53-49)46-38(27-28-44-45(46)42-17-8-9-20-43(42)55-44)39-18-10-19-40-41-26-23-31-12-5-7-16-37(31)47(41)56-48(39)40/h1-29H. The van der Waals surface area contributed by atoms with Crippen LogP contribution in [-0.4, -0.2) is 15.0 Å². The zero-order valence-corrected chi connectivity index (χ0v) is 29.9. The molecule has 0 aliphatic carbocycles. The van der Waals surface area contributed by atoms with Gasteiger partial charge in [-0.05, 0) is 62.8 Å². The van der Waals surface area contributed by atoms with E-state index >= 15 is 0 Å². The van der Waals surface area contributed by atoms with Crippen LogP contribution in [0.3, 0.4) is 0 Å². The third-order valence-corrected chi connectivity index (χ3v) is 11.1. The molecule has 0 bridgehead atoms. The Morgan fingerprint density at radius 3 is 1.82 bits per heavy atom. The lowest BCUT2D eigenvalue weighted by Crippen LogP contribution is -2.01. The summed E-state index contributed by atoms with van der Waals surface area (Å²) in [5.74, 6) is 1.74. The van der Waals surface area contributed by atoms with Crippen molar-refractivity contribution in [3.63, 3.8) is 0 Å². The molecule has 0 radical (unpaired) electrons. The van der Waals surface area contributed by atoms with Gasteiger partial charge in [-0.3, -0.25) is 0 Å². The van der Waals surface area contributed by atoms with Gasteiger partial charge >= 0.3 is 0 Å². The van der Waals surface area contributed by atoms with Gasteiger partial charge in [0, 0.05) is 49.2 Å². The summed E-state index contributed by atoms with van der Waals surface area (Å²) >= 11 is 0. The van der Waals surface area contributed by atoms with Crippen LogP contribution in [0.25, 0.3) is 121 Å². The quantitative estimate of drug-likeness (QED) is 0.170. The Morgan fingerprint density at radius 2 is 0.946 bits per heavy atom. The number of fused-ring (bicyclic) bond motifs is 11. The van der Waals surface area contributed by atoms with Crippen molar-refractivity contribution in [2.75, 3.05) is 0 Å². The van der Waals surface area contributed by atoms with Crippen LogP contribution in [0.4, 0.5) is 0 Å². The molecule has 0 saturated heterocycles. The Bertz CT molecular complexity index is 3550. The number of aromatic nitrogens is 3. The molecule has 3 heterocycles. The SMILES string of the molecule is c1ccc(-c2nc(-c3ccc4c(ccc5ccccc54)c3)nc(-c3c(-c4cccc5c4oc4c6ccccc6ccc54)ccc4oc5ccccc5c34)n2)cc1. The predicted octanol–water partition coefficient (Wildman–Crippen LogP) is 13.8. The summed E-state index contributed by atoms with van der Waals surface area (Å²) in [5, 5.41) is 11.0. The van der Waals surface area contributed by atoms with Crippen LogP contribution < -0.4 is 0 Å². The van der Waals surface area contributed by atoms with Crippen LogP contribution in [0.2, 0.25) is 0 Å². The van der Waals surface area contributed by atoms with E-state index in [1.165, 1.54) is 16.2 Å². The number of hydrogen-bond donors (Lipinski definition) is 0. The van der Waals surface area contributed by atoms with Crippen molar-refractivity contribution in [3.8, 4) is 45.3 Å². The van der Waals surface area contributed by atoms with Crippen LogP contribution >= 0.6 is 0 Å². The molecule has 0 saturated carbocycles. The Morgan fingerprint density at radius 1 is 0.321 bits per heavy atom. The topological polar surface area (TPSA) is 65.0 Å². The Hall–Kier alpha value is -7.63. The van der Waals surface area contributed by atoms with E-state index in [4.69, 9.17) is 23.8 Å². The van der Waals surface area contributed by atoms with Gasteiger partial charge in [-0.1, -0.05) is 146 Å². The zero-order valence-electron chi connectivity index (χ0n) is 29.9. The second kappa shape index (κ2) is 11.9. The summed E-state index contributed by atoms with van der Waals surface area (Å²) in [4.78, 5) is 15.8. The summed E-state index contributed by atoms with van der Waals surface area (Å²) in [6.45, 7) is 0. The van der Waals surface area contributed by atoms with Crippen molar-refractivity contribution in [1.29, 1.82) is 0 Å². The van der Waals surface area contributed by atoms with Gasteiger partial charge in [-0.15, -0.1) is 0 Å². The molecule has 3 aromatic heterocycles. The molecule has 9 aromatic carbocycles. The molecule has 0 fully saturated rings. The monoisotopic (exact) mass is 715 g/mol. The molecule has 0 aliphatic rings. The van der Waals surface area contributed by atoms with Crippen LogP contribution in [0.15, 0.2) is 185 Å². The number of furan rings is 2. The third-order valence-electron chi connectivity index (χ3n) is 11.1. The lowest BCUT2D eigenvalue weighted by molar-refractivity contribution is 0.668. The maximum absolute atomic E-state index is 6.90. The van der Waals surface area contributed by atoms with Crippen molar-refractivity contribution >= 4 is 76.2 Å². The second-order valence-electron chi connectivity index (χ2n) is 14.3. The van der Waals surface area contributed by atoms with Gasteiger partial charge in [0.1, 0.15) is 22.3 Å². The average Bonchev–Trinajstić information content (AvgIpc) is 3.85. The van der Waals surface area contributed by atoms with E-state index in [0.717, 1.165) is 87.9 Å². The van der Waals surface area contributed by atoms with Crippen LogP contribution in [-0.2, 0) is 0 Å². The van der Waals surface area contributed by atoms with Crippen molar-refractivity contribution < 1.29 is 8.83 Å². The van der Waals surface area contributed by atoms with Crippen molar-refractivity contribution in [1.82, 2.24) is 15.0 Å². The maximum Gasteiger partial charge on any atom is 0.165 e. The molecule has 5 heteroatoms. The maximum atomic E-state index is 6.90. The van der Waals surface area contributed by atoms with E-state index < -0.39 is 0 Å². The van der Waals surface area contributed by atoms with Crippen LogP contribution in [0, 0.1) is 0 Å². The van der Waals surface area contributed by atoms with Crippen LogP contribution in [0.1, 0.15) is 0 Å². The molecule has 12 aromatic rings. The fraction of sp³-hybridized carbons (Fsp3) is 0. The molecule has 260 valence electrons. The zero-order chi connectivity index (χ0) is 36.7. The van der Waals surface area contributed by atoms with Gasteiger partial charge in [0.15, 0.2) is 17.5 Å². The lowest BCUT2D eigenvalue weighted by Gasteiger charge is -2.14. The van der Waals surface area contributed by atoms with E-state index in [2.05, 4.69) is 127 Å². The van der Waals surface area contributed by atoms with E-state index in [1.807, 2.05) is 48.5 Å². The molecule has 0 amide bonds. The second-order valence-corrected chi connectivity index (χ2v) is 14.3. The Kier molecular flexibility index (Phi) is 6.56. The summed E-state index contributed by atoms with van der Waals surface area (Å²) in [5.41, 5.74) is 7.81. The molecule has 0 atom stereocenters. The minimum atomic E-state index is 0.554. The molecular weight excluding hydrogens is 687 g/mol. The highest BCUT2D eigenvalue weighted by atomic mass is 16.3. The smallest absolute Gasteiger partial charge is 0.165 e. The first-order valence-electron chi connectivity index (χ1n) is 18.8. The molecule has 0 unspecified atom stereocenters. The highest BCUT2D eigenvalue weighted by molar-refractivity contribution is 6.20. The largest absolute Gasteiger partial charge is 0.456 e. The van der Waals surface area contributed by atoms with E-state index in [0.29, 0.717) is 17.5 Å². The summed E-state index contributed by atoms with van der Waals surface area (Å²) in [6, 6.07) is 60.9. The minimum Gasteiger partial charge on any atom is -0.456 e. The fourth-order valence-electron chi connectivity index (χ4n) is 8.50. The Labute approximate surface area is 320 Å². The predicted molar refractivity (Wildman–Crippen MR) is 229 cm³/mol. The van der Waals surface area contributed by atoms with Crippen molar-refractivity contribution in [2.24, 2.45) is 0 Å². The van der Waals surface area contributed by atoms with Gasteiger partial charge in [0.05, 0.1) is 0 Å². The number of rotatable bonds is 4. The van der Waals surface area contributed by atoms with Crippen LogP contribution in [0.5, 0.6) is 0 Å². The van der Waals surface area contributed by atoms with Gasteiger partial charge in [0.2, 0.25) is 0 Å². The molecule has 12 rings (SSSR count). The highest BCUT2D eigenvalue weighted by Crippen LogP contribution is 2.46. The number of benzene rings is 9. The van der Waals surface area contributed by atoms with E-state index in [-0.39, 0.29) is 0 Å². The van der Waals surface area contributed by atoms with E-state index in [9.17, 15) is 0 Å². The average molecular weight is 716 g/mol. The van der Waals surface area contributed by atoms with E-state index in [1.54, 1.807) is 0 Å². The molecule has 0 spiro atoms.